The molecule has 1 atom stereocenters. The average molecular weight is 261 g/mol. The summed E-state index contributed by atoms with van der Waals surface area (Å²) in [7, 11) is 0. The number of carbonyl (C=O) groups excluding carboxylic acids is 1. The minimum atomic E-state index is -0.181. The van der Waals surface area contributed by atoms with Crippen molar-refractivity contribution in [2.24, 2.45) is 5.73 Å². The molecule has 0 saturated carbocycles. The van der Waals surface area contributed by atoms with Crippen molar-refractivity contribution in [3.05, 3.63) is 27.7 Å². The lowest BCUT2D eigenvalue weighted by Crippen LogP contribution is -2.24. The molecule has 1 aromatic carbocycles. The summed E-state index contributed by atoms with van der Waals surface area (Å²) in [5, 5.41) is 3.72. The zero-order valence-electron chi connectivity index (χ0n) is 9.18. The van der Waals surface area contributed by atoms with Gasteiger partial charge in [0.15, 0.2) is 0 Å². The maximum absolute atomic E-state index is 11.5. The van der Waals surface area contributed by atoms with E-state index >= 15 is 0 Å². The van der Waals surface area contributed by atoms with E-state index in [1.165, 1.54) is 0 Å². The maximum atomic E-state index is 11.5. The predicted molar refractivity (Wildman–Crippen MR) is 68.1 cm³/mol. The number of nitrogens with two attached hydrogens (primary N) is 1. The van der Waals surface area contributed by atoms with E-state index in [1.807, 2.05) is 6.92 Å². The summed E-state index contributed by atoms with van der Waals surface area (Å²) in [5.41, 5.74) is 6.91. The van der Waals surface area contributed by atoms with Crippen LogP contribution in [0, 0.1) is 6.92 Å². The van der Waals surface area contributed by atoms with E-state index in [9.17, 15) is 4.79 Å². The van der Waals surface area contributed by atoms with Crippen molar-refractivity contribution in [3.8, 4) is 0 Å². The zero-order valence-corrected chi connectivity index (χ0v) is 10.7. The van der Waals surface area contributed by atoms with Crippen molar-refractivity contribution in [1.29, 1.82) is 0 Å². The van der Waals surface area contributed by atoms with Gasteiger partial charge in [-0.2, -0.15) is 0 Å². The number of halogens is 2. The first-order valence-electron chi connectivity index (χ1n) is 4.91. The first kappa shape index (κ1) is 13.3. The van der Waals surface area contributed by atoms with Crippen LogP contribution in [0.1, 0.15) is 18.9 Å². The Morgan fingerprint density at radius 1 is 1.44 bits per heavy atom. The maximum Gasteiger partial charge on any atom is 0.225 e. The molecule has 1 amide bonds. The summed E-state index contributed by atoms with van der Waals surface area (Å²) in [4.78, 5) is 11.5. The highest BCUT2D eigenvalue weighted by Gasteiger charge is 2.09. The molecule has 1 rings (SSSR count). The van der Waals surface area contributed by atoms with Crippen LogP contribution in [0.25, 0.3) is 0 Å². The fourth-order valence-electron chi connectivity index (χ4n) is 1.24. The molecule has 0 radical (unpaired) electrons. The lowest BCUT2D eigenvalue weighted by molar-refractivity contribution is -0.116. The highest BCUT2D eigenvalue weighted by Crippen LogP contribution is 2.28. The molecule has 3 N–H and O–H groups in total. The van der Waals surface area contributed by atoms with Crippen molar-refractivity contribution in [2.45, 2.75) is 26.3 Å². The quantitative estimate of drug-likeness (QED) is 0.878. The third-order valence-electron chi connectivity index (χ3n) is 2.03. The number of rotatable bonds is 3. The molecule has 3 nitrogen and oxygen atoms in total. The molecule has 0 saturated heterocycles. The number of anilines is 1. The molecule has 0 aliphatic rings. The molecule has 0 heterocycles. The molecule has 0 bridgehead atoms. The first-order valence-corrected chi connectivity index (χ1v) is 5.67. The van der Waals surface area contributed by atoms with Gasteiger partial charge in [-0.25, -0.2) is 0 Å². The van der Waals surface area contributed by atoms with Gasteiger partial charge in [-0.3, -0.25) is 4.79 Å². The molecule has 1 aromatic rings. The van der Waals surface area contributed by atoms with Gasteiger partial charge in [-0.05, 0) is 31.5 Å². The Balaban J connectivity index is 2.81. The second-order valence-electron chi connectivity index (χ2n) is 3.81. The number of benzene rings is 1. The largest absolute Gasteiger partial charge is 0.327 e. The Hall–Kier alpha value is -0.770. The van der Waals surface area contributed by atoms with E-state index in [1.54, 1.807) is 19.1 Å². The molecule has 88 valence electrons. The van der Waals surface area contributed by atoms with Gasteiger partial charge in [-0.1, -0.05) is 23.2 Å². The molecule has 16 heavy (non-hydrogen) atoms. The van der Waals surface area contributed by atoms with Crippen LogP contribution in [0.5, 0.6) is 0 Å². The summed E-state index contributed by atoms with van der Waals surface area (Å²) < 4.78 is 0. The summed E-state index contributed by atoms with van der Waals surface area (Å²) in [6.45, 7) is 3.62. The molecule has 0 aliphatic heterocycles. The van der Waals surface area contributed by atoms with Crippen molar-refractivity contribution < 1.29 is 4.79 Å². The van der Waals surface area contributed by atoms with E-state index in [4.69, 9.17) is 28.9 Å². The summed E-state index contributed by atoms with van der Waals surface area (Å²) in [5.74, 6) is -0.170. The Kier molecular flexibility index (Phi) is 4.59. The molecule has 0 aromatic heterocycles. The number of nitrogens with one attached hydrogen (secondary N) is 1. The van der Waals surface area contributed by atoms with Crippen molar-refractivity contribution in [1.82, 2.24) is 0 Å². The number of hydrogen-bond acceptors (Lipinski definition) is 2. The normalized spacial score (nSPS) is 12.3. The van der Waals surface area contributed by atoms with Crippen LogP contribution in [0.4, 0.5) is 5.69 Å². The minimum absolute atomic E-state index is 0.170. The molecular formula is C11H14Cl2N2O. The zero-order chi connectivity index (χ0) is 12.3. The van der Waals surface area contributed by atoms with Crippen molar-refractivity contribution in [3.63, 3.8) is 0 Å². The van der Waals surface area contributed by atoms with Crippen molar-refractivity contribution >= 4 is 34.8 Å². The molecule has 5 heteroatoms. The molecule has 1 unspecified atom stereocenters. The number of aryl methyl sites for hydroxylation is 1. The second kappa shape index (κ2) is 5.53. The SMILES string of the molecule is Cc1cc(Cl)c(NC(=O)CC(C)N)cc1Cl. The summed E-state index contributed by atoms with van der Waals surface area (Å²) >= 11 is 11.9. The van der Waals surface area contributed by atoms with Gasteiger partial charge in [0.1, 0.15) is 0 Å². The van der Waals surface area contributed by atoms with E-state index in [-0.39, 0.29) is 18.4 Å². The van der Waals surface area contributed by atoms with Crippen LogP contribution in [0.3, 0.4) is 0 Å². The highest BCUT2D eigenvalue weighted by molar-refractivity contribution is 6.36. The van der Waals surface area contributed by atoms with Crippen LogP contribution in [0.15, 0.2) is 12.1 Å². The standard InChI is InChI=1S/C11H14Cl2N2O/c1-6-3-9(13)10(5-8(6)12)15-11(16)4-7(2)14/h3,5,7H,4,14H2,1-2H3,(H,15,16). The van der Waals surface area contributed by atoms with Crippen molar-refractivity contribution in [2.75, 3.05) is 5.32 Å². The lowest BCUT2D eigenvalue weighted by atomic mass is 10.2. The van der Waals surface area contributed by atoms with E-state index < -0.39 is 0 Å². The Bertz CT molecular complexity index is 405. The first-order chi connectivity index (χ1) is 7.40. The molecule has 0 spiro atoms. The van der Waals surface area contributed by atoms with Crippen LogP contribution in [-0.4, -0.2) is 11.9 Å². The van der Waals surface area contributed by atoms with Crippen LogP contribution < -0.4 is 11.1 Å². The topological polar surface area (TPSA) is 55.1 Å². The fraction of sp³-hybridized carbons (Fsp3) is 0.364. The third kappa shape index (κ3) is 3.67. The van der Waals surface area contributed by atoms with E-state index in [0.29, 0.717) is 15.7 Å². The van der Waals surface area contributed by atoms with Crippen LogP contribution >= 0.6 is 23.2 Å². The predicted octanol–water partition coefficient (Wildman–Crippen LogP) is 2.98. The smallest absolute Gasteiger partial charge is 0.225 e. The number of amides is 1. The number of carbonyl (C=O) groups is 1. The van der Waals surface area contributed by atoms with Crippen LogP contribution in [-0.2, 0) is 4.79 Å². The Morgan fingerprint density at radius 2 is 2.06 bits per heavy atom. The molecule has 0 aliphatic carbocycles. The third-order valence-corrected chi connectivity index (χ3v) is 2.75. The fourth-order valence-corrected chi connectivity index (χ4v) is 1.66. The lowest BCUT2D eigenvalue weighted by Gasteiger charge is -2.10. The molecular weight excluding hydrogens is 247 g/mol. The summed E-state index contributed by atoms with van der Waals surface area (Å²) in [6, 6.07) is 3.17. The van der Waals surface area contributed by atoms with E-state index in [2.05, 4.69) is 5.32 Å². The Labute approximate surface area is 105 Å². The van der Waals surface area contributed by atoms with Gasteiger partial charge in [0.2, 0.25) is 5.91 Å². The van der Waals surface area contributed by atoms with Gasteiger partial charge in [-0.15, -0.1) is 0 Å². The Morgan fingerprint density at radius 3 is 2.62 bits per heavy atom. The van der Waals surface area contributed by atoms with E-state index in [0.717, 1.165) is 5.56 Å². The highest BCUT2D eigenvalue weighted by atomic mass is 35.5. The average Bonchev–Trinajstić information content (AvgIpc) is 2.12. The van der Waals surface area contributed by atoms with Gasteiger partial charge < -0.3 is 11.1 Å². The number of hydrogen-bond donors (Lipinski definition) is 2. The summed E-state index contributed by atoms with van der Waals surface area (Å²) in [6.07, 6.45) is 0.252. The van der Waals surface area contributed by atoms with Crippen LogP contribution in [0.2, 0.25) is 10.0 Å². The van der Waals surface area contributed by atoms with Gasteiger partial charge >= 0.3 is 0 Å². The van der Waals surface area contributed by atoms with Gasteiger partial charge in [0.05, 0.1) is 10.7 Å². The monoisotopic (exact) mass is 260 g/mol. The second-order valence-corrected chi connectivity index (χ2v) is 4.63. The van der Waals surface area contributed by atoms with Gasteiger partial charge in [0.25, 0.3) is 0 Å². The minimum Gasteiger partial charge on any atom is -0.327 e. The molecule has 0 fully saturated rings. The van der Waals surface area contributed by atoms with Gasteiger partial charge in [0, 0.05) is 17.5 Å².